The number of hydrogen-bond acceptors (Lipinski definition) is 12. The summed E-state index contributed by atoms with van der Waals surface area (Å²) in [5, 5.41) is 17.9. The second-order valence-electron chi connectivity index (χ2n) is 17.5. The number of aryl methyl sites for hydroxylation is 2. The van der Waals surface area contributed by atoms with E-state index in [1.165, 1.54) is 35.4 Å². The number of amides is 4. The Bertz CT molecular complexity index is 3240. The molecule has 8 aromatic rings. The normalized spacial score (nSPS) is 14.1. The maximum Gasteiger partial charge on any atom is 0.261 e. The average Bonchev–Trinajstić information content (AvgIpc) is 4.10. The highest BCUT2D eigenvalue weighted by molar-refractivity contribution is 6.99. The number of benzene rings is 2. The molecule has 0 radical (unpaired) electrons. The lowest BCUT2D eigenvalue weighted by Gasteiger charge is -2.43. The molecule has 2 aliphatic rings. The minimum absolute atomic E-state index is 0.0517. The van der Waals surface area contributed by atoms with Gasteiger partial charge in [-0.15, -0.1) is 0 Å². The van der Waals surface area contributed by atoms with Gasteiger partial charge < -0.3 is 18.7 Å². The van der Waals surface area contributed by atoms with Crippen molar-refractivity contribution in [3.63, 3.8) is 0 Å². The Morgan fingerprint density at radius 1 is 0.565 bits per heavy atom. The maximum atomic E-state index is 13.1. The number of pyridine rings is 2. The van der Waals surface area contributed by atoms with Gasteiger partial charge in [-0.25, -0.2) is 29.9 Å². The molecule has 6 aromatic heterocycles. The van der Waals surface area contributed by atoms with E-state index in [4.69, 9.17) is 9.53 Å². The molecular weight excluding hydrogens is 889 g/mol. The highest BCUT2D eigenvalue weighted by Crippen LogP contribution is 2.39. The molecule has 0 saturated heterocycles. The van der Waals surface area contributed by atoms with Gasteiger partial charge in [-0.3, -0.25) is 29.8 Å². The van der Waals surface area contributed by atoms with Gasteiger partial charge in [-0.05, 0) is 52.5 Å². The van der Waals surface area contributed by atoms with E-state index in [0.717, 1.165) is 22.8 Å². The van der Waals surface area contributed by atoms with Crippen molar-refractivity contribution < 1.29 is 28.7 Å². The number of rotatable bonds is 14. The van der Waals surface area contributed by atoms with Crippen molar-refractivity contribution in [3.8, 4) is 0 Å². The molecule has 17 heteroatoms. The van der Waals surface area contributed by atoms with Crippen LogP contribution in [0.2, 0.25) is 5.04 Å². The standard InChI is InChI=1S/C34H33N5O3Si.C18H15N5O3/c1-34(2,3)43(25-12-6-4-7-13-25,26-14-8-5-9-15-26)42-19-11-18-39-22-28(27-16-10-17-37-31(27)39)30-29(32(40)38-33(30)41)24-20-35-23-36-21-24;24-6-2-5-23-9-13(12-3-1-4-21-16(12)23)15-14(17(25)22-18(15)26)11-7-19-10-20-8-11/h4-10,12-17,20-23H,11,18-19H2,1-3H3,(H,38,40,41);1,3-4,7-10,24H,2,5-6H2,(H,22,25,26). The summed E-state index contributed by atoms with van der Waals surface area (Å²) in [5.41, 5.74) is 4.78. The van der Waals surface area contributed by atoms with Gasteiger partial charge in [0.15, 0.2) is 0 Å². The Labute approximate surface area is 398 Å². The summed E-state index contributed by atoms with van der Waals surface area (Å²) in [4.78, 5) is 75.9. The molecule has 346 valence electrons. The third-order valence-electron chi connectivity index (χ3n) is 12.2. The molecule has 3 N–H and O–H groups in total. The first-order valence-corrected chi connectivity index (χ1v) is 24.4. The topological polar surface area (TPSA) is 209 Å². The van der Waals surface area contributed by atoms with E-state index in [1.807, 2.05) is 45.7 Å². The lowest BCUT2D eigenvalue weighted by molar-refractivity contribution is -0.124. The summed E-state index contributed by atoms with van der Waals surface area (Å²) >= 11 is 0. The molecular formula is C52H48N10O6Si. The third kappa shape index (κ3) is 8.81. The maximum absolute atomic E-state index is 13.1. The van der Waals surface area contributed by atoms with Gasteiger partial charge in [0.2, 0.25) is 0 Å². The van der Waals surface area contributed by atoms with Crippen molar-refractivity contribution in [2.75, 3.05) is 13.2 Å². The van der Waals surface area contributed by atoms with Crippen molar-refractivity contribution in [2.45, 2.75) is 51.7 Å². The molecule has 2 aliphatic heterocycles. The molecule has 0 spiro atoms. The highest BCUT2D eigenvalue weighted by Gasteiger charge is 2.50. The van der Waals surface area contributed by atoms with Crippen LogP contribution in [0.3, 0.4) is 0 Å². The fourth-order valence-electron chi connectivity index (χ4n) is 9.28. The van der Waals surface area contributed by atoms with E-state index in [0.29, 0.717) is 59.6 Å². The number of fused-ring (bicyclic) bond motifs is 2. The highest BCUT2D eigenvalue weighted by atomic mass is 28.4. The first-order chi connectivity index (χ1) is 33.5. The first-order valence-electron chi connectivity index (χ1n) is 22.5. The Balaban J connectivity index is 0.000000194. The van der Waals surface area contributed by atoms with E-state index in [1.54, 1.807) is 37.1 Å². The van der Waals surface area contributed by atoms with Crippen molar-refractivity contribution in [2.24, 2.45) is 0 Å². The van der Waals surface area contributed by atoms with Crippen molar-refractivity contribution in [1.29, 1.82) is 0 Å². The van der Waals surface area contributed by atoms with Crippen molar-refractivity contribution in [1.82, 2.24) is 49.7 Å². The summed E-state index contributed by atoms with van der Waals surface area (Å²) in [6.07, 6.45) is 17.3. The number of hydrogen-bond donors (Lipinski definition) is 3. The number of carbonyl (C=O) groups excluding carboxylic acids is 4. The van der Waals surface area contributed by atoms with Crippen LogP contribution >= 0.6 is 0 Å². The van der Waals surface area contributed by atoms with Crippen LogP contribution in [-0.2, 0) is 36.7 Å². The van der Waals surface area contributed by atoms with Crippen LogP contribution in [0.25, 0.3) is 44.4 Å². The Kier molecular flexibility index (Phi) is 13.1. The molecule has 69 heavy (non-hydrogen) atoms. The quantitative estimate of drug-likeness (QED) is 0.0737. The molecule has 0 saturated carbocycles. The predicted molar refractivity (Wildman–Crippen MR) is 263 cm³/mol. The lowest BCUT2D eigenvalue weighted by Crippen LogP contribution is -2.66. The molecule has 10 rings (SSSR count). The fourth-order valence-corrected chi connectivity index (χ4v) is 13.9. The van der Waals surface area contributed by atoms with E-state index in [9.17, 15) is 19.2 Å². The number of nitrogens with zero attached hydrogens (tertiary/aromatic N) is 8. The van der Waals surface area contributed by atoms with Gasteiger partial charge in [0, 0.05) is 109 Å². The zero-order valence-electron chi connectivity index (χ0n) is 38.2. The fraction of sp³-hybridized carbons (Fsp3) is 0.192. The van der Waals surface area contributed by atoms with Crippen LogP contribution in [-0.4, -0.2) is 89.3 Å². The van der Waals surface area contributed by atoms with E-state index >= 15 is 0 Å². The second kappa shape index (κ2) is 19.6. The summed E-state index contributed by atoms with van der Waals surface area (Å²) in [5.74, 6) is -1.83. The zero-order valence-corrected chi connectivity index (χ0v) is 39.2. The van der Waals surface area contributed by atoms with Gasteiger partial charge in [0.05, 0.1) is 22.3 Å². The number of aliphatic hydroxyl groups excluding tert-OH is 1. The Morgan fingerprint density at radius 3 is 1.41 bits per heavy atom. The number of aliphatic hydroxyl groups is 1. The summed E-state index contributed by atoms with van der Waals surface area (Å²) in [6, 6.07) is 28.6. The van der Waals surface area contributed by atoms with Crippen molar-refractivity contribution in [3.05, 3.63) is 169 Å². The largest absolute Gasteiger partial charge is 0.407 e. The number of nitrogens with one attached hydrogen (secondary N) is 2. The second-order valence-corrected chi connectivity index (χ2v) is 21.8. The van der Waals surface area contributed by atoms with Crippen LogP contribution in [0.5, 0.6) is 0 Å². The van der Waals surface area contributed by atoms with Crippen LogP contribution < -0.4 is 21.0 Å². The van der Waals surface area contributed by atoms with Crippen LogP contribution in [0, 0.1) is 0 Å². The first kappa shape index (κ1) is 46.0. The van der Waals surface area contributed by atoms with Gasteiger partial charge in [0.25, 0.3) is 31.9 Å². The average molecular weight is 937 g/mol. The van der Waals surface area contributed by atoms with E-state index in [-0.39, 0.29) is 28.4 Å². The molecule has 8 heterocycles. The number of imide groups is 2. The molecule has 0 fully saturated rings. The minimum atomic E-state index is -2.66. The van der Waals surface area contributed by atoms with Crippen LogP contribution in [0.15, 0.2) is 147 Å². The molecule has 4 amide bonds. The molecule has 0 unspecified atom stereocenters. The summed E-state index contributed by atoms with van der Waals surface area (Å²) in [6.45, 7) is 8.58. The van der Waals surface area contributed by atoms with Gasteiger partial charge in [0.1, 0.15) is 23.9 Å². The molecule has 0 aliphatic carbocycles. The zero-order chi connectivity index (χ0) is 48.1. The summed E-state index contributed by atoms with van der Waals surface area (Å²) < 4.78 is 11.0. The third-order valence-corrected chi connectivity index (χ3v) is 17.2. The monoisotopic (exact) mass is 936 g/mol. The van der Waals surface area contributed by atoms with Gasteiger partial charge in [-0.1, -0.05) is 81.4 Å². The molecule has 0 bridgehead atoms. The van der Waals surface area contributed by atoms with Crippen LogP contribution in [0.4, 0.5) is 0 Å². The number of aromatic nitrogens is 8. The SMILES string of the molecule is CC(C)(C)[Si](OCCCn1cc(C2=C(c3cncnc3)C(=O)NC2=O)c2cccnc21)(c1ccccc1)c1ccccc1.O=C1NC(=O)C(c2cn(CCCO)c3ncccc23)=C1c1cncnc1. The molecule has 0 atom stereocenters. The number of carbonyl (C=O) groups is 4. The molecule has 2 aromatic carbocycles. The van der Waals surface area contributed by atoms with Crippen LogP contribution in [0.1, 0.15) is 55.9 Å². The van der Waals surface area contributed by atoms with Crippen molar-refractivity contribution >= 4 is 86.7 Å². The minimum Gasteiger partial charge on any atom is -0.407 e. The Hall–Kier alpha value is -8.12. The van der Waals surface area contributed by atoms with Gasteiger partial charge >= 0.3 is 0 Å². The Morgan fingerprint density at radius 2 is 0.986 bits per heavy atom. The van der Waals surface area contributed by atoms with Gasteiger partial charge in [-0.2, -0.15) is 0 Å². The van der Waals surface area contributed by atoms with E-state index in [2.05, 4.69) is 110 Å². The molecule has 16 nitrogen and oxygen atoms in total. The smallest absolute Gasteiger partial charge is 0.261 e. The van der Waals surface area contributed by atoms with E-state index < -0.39 is 31.9 Å². The summed E-state index contributed by atoms with van der Waals surface area (Å²) in [7, 11) is -2.66. The predicted octanol–water partition coefficient (Wildman–Crippen LogP) is 5.14. The lowest BCUT2D eigenvalue weighted by atomic mass is 9.98.